The molecular weight excluding hydrogens is 386 g/mol. The van der Waals surface area contributed by atoms with Crippen molar-refractivity contribution in [3.63, 3.8) is 0 Å². The number of nitro benzene ring substituents is 1. The number of hydrazone groups is 1. The number of carbonyl (C=O) groups excluding carboxylic acids is 1. The van der Waals surface area contributed by atoms with Crippen molar-refractivity contribution in [2.45, 2.75) is 18.6 Å². The Morgan fingerprint density at radius 2 is 1.86 bits per heavy atom. The van der Waals surface area contributed by atoms with Crippen LogP contribution in [0, 0.1) is 10.1 Å². The maximum absolute atomic E-state index is 12.0. The van der Waals surface area contributed by atoms with Crippen LogP contribution in [-0.4, -0.2) is 22.8 Å². The molecule has 0 atom stereocenters. The Balaban J connectivity index is 1.30. The van der Waals surface area contributed by atoms with Gasteiger partial charge in [-0.1, -0.05) is 42.5 Å². The topological polar surface area (TPSA) is 84.6 Å². The molecule has 1 aliphatic carbocycles. The monoisotopic (exact) mass is 405 g/mol. The Labute approximate surface area is 172 Å². The Kier molecular flexibility index (Phi) is 5.57. The highest BCUT2D eigenvalue weighted by molar-refractivity contribution is 7.99. The van der Waals surface area contributed by atoms with Gasteiger partial charge in [0.05, 0.1) is 16.9 Å². The van der Waals surface area contributed by atoms with E-state index in [-0.39, 0.29) is 17.3 Å². The normalized spacial score (nSPS) is 12.6. The molecule has 4 rings (SSSR count). The van der Waals surface area contributed by atoms with E-state index in [0.717, 1.165) is 24.0 Å². The van der Waals surface area contributed by atoms with Crippen molar-refractivity contribution in [2.75, 3.05) is 5.75 Å². The minimum Gasteiger partial charge on any atom is -0.272 e. The van der Waals surface area contributed by atoms with Gasteiger partial charge in [0.1, 0.15) is 0 Å². The Morgan fingerprint density at radius 1 is 1.10 bits per heavy atom. The second kappa shape index (κ2) is 8.45. The van der Waals surface area contributed by atoms with Gasteiger partial charge in [0.2, 0.25) is 5.91 Å². The smallest absolute Gasteiger partial charge is 0.269 e. The van der Waals surface area contributed by atoms with E-state index in [0.29, 0.717) is 5.75 Å². The molecule has 1 aliphatic rings. The number of carbonyl (C=O) groups is 1. The molecule has 0 aliphatic heterocycles. The maximum atomic E-state index is 12.0. The zero-order chi connectivity index (χ0) is 20.2. The minimum atomic E-state index is -0.426. The summed E-state index contributed by atoms with van der Waals surface area (Å²) in [5, 5.41) is 17.3. The Hall–Kier alpha value is -3.19. The van der Waals surface area contributed by atoms with Crippen molar-refractivity contribution in [1.29, 1.82) is 0 Å². The molecule has 7 heteroatoms. The third-order valence-electron chi connectivity index (χ3n) is 4.95. The van der Waals surface area contributed by atoms with Crippen molar-refractivity contribution >= 4 is 40.3 Å². The molecule has 0 saturated carbocycles. The lowest BCUT2D eigenvalue weighted by atomic mass is 10.0. The number of thioether (sulfide) groups is 1. The van der Waals surface area contributed by atoms with Gasteiger partial charge < -0.3 is 0 Å². The molecule has 0 radical (unpaired) electrons. The summed E-state index contributed by atoms with van der Waals surface area (Å²) in [5.41, 5.74) is 7.31. The SMILES string of the molecule is O=C(CSCc1ccc([N+](=O)[O-])cc1)N/N=C/c1ccc2c3c(cccc13)CC2. The fourth-order valence-corrected chi connectivity index (χ4v) is 4.34. The van der Waals surface area contributed by atoms with Crippen molar-refractivity contribution in [3.8, 4) is 0 Å². The highest BCUT2D eigenvalue weighted by atomic mass is 32.2. The summed E-state index contributed by atoms with van der Waals surface area (Å²) in [6.07, 6.45) is 3.85. The molecule has 0 unspecified atom stereocenters. The van der Waals surface area contributed by atoms with E-state index in [9.17, 15) is 14.9 Å². The number of nitro groups is 1. The zero-order valence-electron chi connectivity index (χ0n) is 15.6. The van der Waals surface area contributed by atoms with Crippen molar-refractivity contribution in [1.82, 2.24) is 5.43 Å². The number of rotatable bonds is 7. The van der Waals surface area contributed by atoms with Gasteiger partial charge in [-0.3, -0.25) is 14.9 Å². The molecule has 6 nitrogen and oxygen atoms in total. The first kappa shape index (κ1) is 19.1. The first-order chi connectivity index (χ1) is 14.1. The van der Waals surface area contributed by atoms with Crippen LogP contribution in [-0.2, 0) is 23.4 Å². The largest absolute Gasteiger partial charge is 0.272 e. The number of nitrogens with one attached hydrogen (secondary N) is 1. The molecule has 0 heterocycles. The van der Waals surface area contributed by atoms with Crippen molar-refractivity contribution < 1.29 is 9.72 Å². The minimum absolute atomic E-state index is 0.0638. The van der Waals surface area contributed by atoms with Gasteiger partial charge >= 0.3 is 0 Å². The molecule has 146 valence electrons. The lowest BCUT2D eigenvalue weighted by Crippen LogP contribution is -2.19. The van der Waals surface area contributed by atoms with E-state index >= 15 is 0 Å². The maximum Gasteiger partial charge on any atom is 0.269 e. The fourth-order valence-electron chi connectivity index (χ4n) is 3.56. The van der Waals surface area contributed by atoms with Crippen LogP contribution in [0.25, 0.3) is 10.8 Å². The van der Waals surface area contributed by atoms with Crippen molar-refractivity contribution in [2.24, 2.45) is 5.10 Å². The van der Waals surface area contributed by atoms with Crippen LogP contribution in [0.4, 0.5) is 5.69 Å². The Bertz CT molecular complexity index is 1100. The van der Waals surface area contributed by atoms with Crippen LogP contribution >= 0.6 is 11.8 Å². The number of hydrogen-bond acceptors (Lipinski definition) is 5. The van der Waals surface area contributed by atoms with E-state index in [1.54, 1.807) is 18.3 Å². The van der Waals surface area contributed by atoms with Gasteiger partial charge in [-0.05, 0) is 40.3 Å². The molecule has 29 heavy (non-hydrogen) atoms. The molecule has 0 fully saturated rings. The van der Waals surface area contributed by atoms with E-state index in [1.165, 1.54) is 45.8 Å². The fraction of sp³-hybridized carbons (Fsp3) is 0.182. The number of aryl methyl sites for hydroxylation is 2. The summed E-state index contributed by atoms with van der Waals surface area (Å²) in [6.45, 7) is 0. The predicted octanol–water partition coefficient (Wildman–Crippen LogP) is 4.23. The van der Waals surface area contributed by atoms with Crippen LogP contribution in [0.2, 0.25) is 0 Å². The lowest BCUT2D eigenvalue weighted by Gasteiger charge is -2.05. The zero-order valence-corrected chi connectivity index (χ0v) is 16.4. The van der Waals surface area contributed by atoms with Gasteiger partial charge in [-0.2, -0.15) is 5.10 Å². The van der Waals surface area contributed by atoms with Gasteiger partial charge in [0, 0.05) is 23.4 Å². The molecule has 3 aromatic rings. The van der Waals surface area contributed by atoms with E-state index < -0.39 is 4.92 Å². The van der Waals surface area contributed by atoms with Crippen LogP contribution in [0.15, 0.2) is 59.7 Å². The molecule has 0 aromatic heterocycles. The molecular formula is C22H19N3O3S. The average Bonchev–Trinajstić information content (AvgIpc) is 3.15. The second-order valence-corrected chi connectivity index (χ2v) is 7.85. The number of benzene rings is 3. The number of hydrogen-bond donors (Lipinski definition) is 1. The van der Waals surface area contributed by atoms with Gasteiger partial charge in [-0.25, -0.2) is 5.43 Å². The second-order valence-electron chi connectivity index (χ2n) is 6.86. The first-order valence-corrected chi connectivity index (χ1v) is 10.4. The summed E-state index contributed by atoms with van der Waals surface area (Å²) in [6, 6.07) is 16.9. The highest BCUT2D eigenvalue weighted by Gasteiger charge is 2.15. The summed E-state index contributed by atoms with van der Waals surface area (Å²) in [4.78, 5) is 22.2. The van der Waals surface area contributed by atoms with E-state index in [1.807, 2.05) is 6.07 Å². The average molecular weight is 405 g/mol. The Morgan fingerprint density at radius 3 is 2.62 bits per heavy atom. The summed E-state index contributed by atoms with van der Waals surface area (Å²) >= 11 is 1.43. The number of nitrogens with zero attached hydrogens (tertiary/aromatic N) is 2. The van der Waals surface area contributed by atoms with Crippen LogP contribution in [0.3, 0.4) is 0 Å². The van der Waals surface area contributed by atoms with Gasteiger partial charge in [0.25, 0.3) is 5.69 Å². The third kappa shape index (κ3) is 4.30. The first-order valence-electron chi connectivity index (χ1n) is 9.28. The predicted molar refractivity (Wildman–Crippen MR) is 116 cm³/mol. The summed E-state index contributed by atoms with van der Waals surface area (Å²) in [7, 11) is 0. The van der Waals surface area contributed by atoms with Crippen LogP contribution < -0.4 is 5.43 Å². The van der Waals surface area contributed by atoms with Crippen LogP contribution in [0.1, 0.15) is 22.3 Å². The van der Waals surface area contributed by atoms with Crippen molar-refractivity contribution in [3.05, 3.63) is 87.0 Å². The standard InChI is InChI=1S/C22H19N3O3S/c26-21(14-29-13-15-4-10-19(11-5-15)25(27)28)24-23-12-18-9-8-17-7-6-16-2-1-3-20(18)22(16)17/h1-5,8-12H,6-7,13-14H2,(H,24,26)/b23-12+. The van der Waals surface area contributed by atoms with E-state index in [2.05, 4.69) is 34.8 Å². The molecule has 0 bridgehead atoms. The third-order valence-corrected chi connectivity index (χ3v) is 5.96. The summed E-state index contributed by atoms with van der Waals surface area (Å²) < 4.78 is 0. The van der Waals surface area contributed by atoms with Gasteiger partial charge in [-0.15, -0.1) is 11.8 Å². The quantitative estimate of drug-likeness (QED) is 0.362. The lowest BCUT2D eigenvalue weighted by molar-refractivity contribution is -0.384. The van der Waals surface area contributed by atoms with Gasteiger partial charge in [0.15, 0.2) is 0 Å². The highest BCUT2D eigenvalue weighted by Crippen LogP contribution is 2.32. The van der Waals surface area contributed by atoms with Crippen LogP contribution in [0.5, 0.6) is 0 Å². The van der Waals surface area contributed by atoms with E-state index in [4.69, 9.17) is 0 Å². The summed E-state index contributed by atoms with van der Waals surface area (Å²) in [5.74, 6) is 0.682. The molecule has 1 N–H and O–H groups in total. The molecule has 1 amide bonds. The molecule has 0 spiro atoms. The molecule has 3 aromatic carbocycles. The number of non-ortho nitro benzene ring substituents is 1. The molecule has 0 saturated heterocycles. The number of amides is 1.